The molecule has 2 heteroatoms. The van der Waals surface area contributed by atoms with Gasteiger partial charge in [0, 0.05) is 5.54 Å². The van der Waals surface area contributed by atoms with Gasteiger partial charge in [0.2, 0.25) is 0 Å². The molecule has 0 aromatic rings. The number of nitrogens with two attached hydrogens (primary N) is 1. The number of hydrogen-bond acceptors (Lipinski definition) is 1. The third-order valence-electron chi connectivity index (χ3n) is 2.96. The summed E-state index contributed by atoms with van der Waals surface area (Å²) in [6.07, 6.45) is 6.75. The topological polar surface area (TPSA) is 26.0 Å². The van der Waals surface area contributed by atoms with E-state index < -0.39 is 0 Å². The molecular weight excluding hydrogens is 146 g/mol. The lowest BCUT2D eigenvalue weighted by Gasteiger charge is -2.69. The predicted octanol–water partition coefficient (Wildman–Crippen LogP) is 2.09. The van der Waals surface area contributed by atoms with Crippen LogP contribution in [0.4, 0.5) is 0 Å². The molecule has 0 unspecified atom stereocenters. The number of hydrogen-bond donors (Lipinski definition) is 1. The summed E-state index contributed by atoms with van der Waals surface area (Å²) >= 11 is 0. The van der Waals surface area contributed by atoms with Crippen molar-refractivity contribution in [1.29, 1.82) is 0 Å². The molecule has 0 aromatic carbocycles. The number of halogens is 1. The van der Waals surface area contributed by atoms with Gasteiger partial charge in [-0.3, -0.25) is 0 Å². The average Bonchev–Trinajstić information content (AvgIpc) is 1.60. The van der Waals surface area contributed by atoms with E-state index in [0.717, 1.165) is 5.41 Å². The highest BCUT2D eigenvalue weighted by Gasteiger charge is 2.64. The van der Waals surface area contributed by atoms with Gasteiger partial charge in [0.25, 0.3) is 0 Å². The SMILES string of the molecule is CCCC12CC(N)(C1)C2.Cl. The lowest BCUT2D eigenvalue weighted by atomic mass is 9.39. The first-order valence-electron chi connectivity index (χ1n) is 3.97. The third-order valence-corrected chi connectivity index (χ3v) is 2.96. The van der Waals surface area contributed by atoms with Gasteiger partial charge in [-0.05, 0) is 31.1 Å². The molecule has 1 nitrogen and oxygen atoms in total. The molecule has 0 amide bonds. The van der Waals surface area contributed by atoms with E-state index in [-0.39, 0.29) is 12.4 Å². The van der Waals surface area contributed by atoms with E-state index in [1.54, 1.807) is 0 Å². The van der Waals surface area contributed by atoms with Crippen molar-refractivity contribution in [3.8, 4) is 0 Å². The Morgan fingerprint density at radius 1 is 1.30 bits per heavy atom. The Balaban J connectivity index is 0.000000500. The first-order valence-corrected chi connectivity index (χ1v) is 3.97. The van der Waals surface area contributed by atoms with Gasteiger partial charge in [0.05, 0.1) is 0 Å². The Kier molecular flexibility index (Phi) is 1.77. The van der Waals surface area contributed by atoms with Gasteiger partial charge in [0.1, 0.15) is 0 Å². The highest BCUT2D eigenvalue weighted by Crippen LogP contribution is 2.67. The van der Waals surface area contributed by atoms with Gasteiger partial charge >= 0.3 is 0 Å². The van der Waals surface area contributed by atoms with Gasteiger partial charge < -0.3 is 5.73 Å². The van der Waals surface area contributed by atoms with Crippen LogP contribution in [0.15, 0.2) is 0 Å². The average molecular weight is 162 g/mol. The van der Waals surface area contributed by atoms with Crippen molar-refractivity contribution in [3.63, 3.8) is 0 Å². The van der Waals surface area contributed by atoms with Crippen LogP contribution in [0.25, 0.3) is 0 Å². The molecule has 60 valence electrons. The van der Waals surface area contributed by atoms with E-state index in [2.05, 4.69) is 6.92 Å². The Hall–Kier alpha value is 0.250. The third kappa shape index (κ3) is 0.876. The Morgan fingerprint density at radius 2 is 1.80 bits per heavy atom. The van der Waals surface area contributed by atoms with E-state index in [4.69, 9.17) is 5.73 Å². The second kappa shape index (κ2) is 2.12. The van der Waals surface area contributed by atoms with Crippen LogP contribution in [0.3, 0.4) is 0 Å². The normalized spacial score (nSPS) is 48.6. The maximum atomic E-state index is 5.90. The lowest BCUT2D eigenvalue weighted by molar-refractivity contribution is -0.136. The van der Waals surface area contributed by atoms with Crippen LogP contribution in [-0.2, 0) is 0 Å². The van der Waals surface area contributed by atoms with Gasteiger partial charge in [-0.2, -0.15) is 0 Å². The summed E-state index contributed by atoms with van der Waals surface area (Å²) in [5.74, 6) is 0. The van der Waals surface area contributed by atoms with Crippen molar-refractivity contribution in [2.24, 2.45) is 11.1 Å². The first kappa shape index (κ1) is 8.35. The van der Waals surface area contributed by atoms with Crippen LogP contribution in [0.1, 0.15) is 39.0 Å². The van der Waals surface area contributed by atoms with Crippen LogP contribution in [-0.4, -0.2) is 5.54 Å². The van der Waals surface area contributed by atoms with Crippen LogP contribution < -0.4 is 5.73 Å². The van der Waals surface area contributed by atoms with E-state index >= 15 is 0 Å². The van der Waals surface area contributed by atoms with E-state index in [1.165, 1.54) is 32.1 Å². The summed E-state index contributed by atoms with van der Waals surface area (Å²) in [6.45, 7) is 2.27. The summed E-state index contributed by atoms with van der Waals surface area (Å²) in [7, 11) is 0. The molecule has 0 aliphatic heterocycles. The predicted molar refractivity (Wildman–Crippen MR) is 45.4 cm³/mol. The second-order valence-corrected chi connectivity index (χ2v) is 4.14. The standard InChI is InChI=1S/C8H15N.ClH/c1-2-3-7-4-8(9,5-7)6-7;/h2-6,9H2,1H3;1H. The van der Waals surface area contributed by atoms with Gasteiger partial charge in [-0.1, -0.05) is 13.3 Å². The molecule has 2 bridgehead atoms. The Morgan fingerprint density at radius 3 is 2.10 bits per heavy atom. The lowest BCUT2D eigenvalue weighted by Crippen LogP contribution is -2.71. The minimum Gasteiger partial charge on any atom is -0.325 e. The zero-order chi connectivity index (χ0) is 6.54. The zero-order valence-corrected chi connectivity index (χ0v) is 7.34. The molecule has 3 saturated carbocycles. The Bertz CT molecular complexity index is 118. The number of rotatable bonds is 2. The molecule has 0 saturated heterocycles. The highest BCUT2D eigenvalue weighted by molar-refractivity contribution is 5.85. The molecule has 0 radical (unpaired) electrons. The summed E-state index contributed by atoms with van der Waals surface area (Å²) in [4.78, 5) is 0. The van der Waals surface area contributed by atoms with Crippen molar-refractivity contribution >= 4 is 12.4 Å². The first-order chi connectivity index (χ1) is 4.18. The van der Waals surface area contributed by atoms with Gasteiger partial charge in [-0.25, -0.2) is 0 Å². The molecule has 2 N–H and O–H groups in total. The van der Waals surface area contributed by atoms with E-state index in [1.807, 2.05) is 0 Å². The van der Waals surface area contributed by atoms with Crippen LogP contribution >= 0.6 is 12.4 Å². The fraction of sp³-hybridized carbons (Fsp3) is 1.00. The minimum atomic E-state index is 0. The van der Waals surface area contributed by atoms with Crippen molar-refractivity contribution in [2.45, 2.75) is 44.6 Å². The fourth-order valence-electron chi connectivity index (χ4n) is 2.88. The largest absolute Gasteiger partial charge is 0.325 e. The van der Waals surface area contributed by atoms with Crippen molar-refractivity contribution in [3.05, 3.63) is 0 Å². The smallest absolute Gasteiger partial charge is 0.0170 e. The molecule has 0 aromatic heterocycles. The minimum absolute atomic E-state index is 0. The zero-order valence-electron chi connectivity index (χ0n) is 6.52. The molecule has 3 fully saturated rings. The molecular formula is C8H16ClN. The molecule has 0 heterocycles. The van der Waals surface area contributed by atoms with Gasteiger partial charge in [-0.15, -0.1) is 12.4 Å². The monoisotopic (exact) mass is 161 g/mol. The fourth-order valence-corrected chi connectivity index (χ4v) is 2.88. The van der Waals surface area contributed by atoms with Crippen LogP contribution in [0.5, 0.6) is 0 Å². The second-order valence-electron chi connectivity index (χ2n) is 4.14. The molecule has 3 aliphatic carbocycles. The van der Waals surface area contributed by atoms with Crippen molar-refractivity contribution in [2.75, 3.05) is 0 Å². The quantitative estimate of drug-likeness (QED) is 0.660. The maximum absolute atomic E-state index is 5.90. The van der Waals surface area contributed by atoms with Gasteiger partial charge in [0.15, 0.2) is 0 Å². The molecule has 0 atom stereocenters. The van der Waals surface area contributed by atoms with Crippen LogP contribution in [0, 0.1) is 5.41 Å². The van der Waals surface area contributed by atoms with E-state index in [0.29, 0.717) is 5.54 Å². The highest BCUT2D eigenvalue weighted by atomic mass is 35.5. The molecule has 3 aliphatic rings. The molecule has 3 rings (SSSR count). The summed E-state index contributed by atoms with van der Waals surface area (Å²) in [5, 5.41) is 0. The van der Waals surface area contributed by atoms with Crippen LogP contribution in [0.2, 0.25) is 0 Å². The summed E-state index contributed by atoms with van der Waals surface area (Å²) < 4.78 is 0. The van der Waals surface area contributed by atoms with Crippen molar-refractivity contribution < 1.29 is 0 Å². The summed E-state index contributed by atoms with van der Waals surface area (Å²) in [6, 6.07) is 0. The summed E-state index contributed by atoms with van der Waals surface area (Å²) in [5.41, 5.74) is 6.98. The Labute approximate surface area is 68.8 Å². The molecule has 0 spiro atoms. The maximum Gasteiger partial charge on any atom is 0.0170 e. The van der Waals surface area contributed by atoms with Crippen molar-refractivity contribution in [1.82, 2.24) is 0 Å². The van der Waals surface area contributed by atoms with E-state index in [9.17, 15) is 0 Å². The molecule has 10 heavy (non-hydrogen) atoms.